The summed E-state index contributed by atoms with van der Waals surface area (Å²) in [6.07, 6.45) is 9.45. The van der Waals surface area contributed by atoms with E-state index in [1.807, 2.05) is 0 Å². The maximum Gasteiger partial charge on any atom is 0.233 e. The molecule has 0 bridgehead atoms. The minimum atomic E-state index is 0.0893. The normalized spacial score (nSPS) is 25.9. The quantitative estimate of drug-likeness (QED) is 0.898. The van der Waals surface area contributed by atoms with Crippen LogP contribution in [0.5, 0.6) is 0 Å². The van der Waals surface area contributed by atoms with Crippen LogP contribution in [0.1, 0.15) is 69.1 Å². The minimum absolute atomic E-state index is 0.0893. The molecule has 0 radical (unpaired) electrons. The molecule has 3 rings (SSSR count). The van der Waals surface area contributed by atoms with Gasteiger partial charge < -0.3 is 14.6 Å². The highest BCUT2D eigenvalue weighted by Gasteiger charge is 2.43. The molecule has 20 heavy (non-hydrogen) atoms. The molecule has 2 fully saturated rings. The minimum Gasteiger partial charge on any atom is -0.385 e. The summed E-state index contributed by atoms with van der Waals surface area (Å²) in [6, 6.07) is 0.273. The van der Waals surface area contributed by atoms with E-state index in [0.717, 1.165) is 50.6 Å². The van der Waals surface area contributed by atoms with E-state index in [-0.39, 0.29) is 11.5 Å². The molecule has 112 valence electrons. The summed E-state index contributed by atoms with van der Waals surface area (Å²) in [5.41, 5.74) is 0.0893. The molecule has 1 aliphatic heterocycles. The topological polar surface area (TPSA) is 60.2 Å². The summed E-state index contributed by atoms with van der Waals surface area (Å²) >= 11 is 0. The van der Waals surface area contributed by atoms with Gasteiger partial charge in [-0.15, -0.1) is 0 Å². The predicted octanol–water partition coefficient (Wildman–Crippen LogP) is 2.73. The monoisotopic (exact) mass is 279 g/mol. The number of hydrogen-bond donors (Lipinski definition) is 1. The number of methoxy groups -OCH3 is 1. The maximum absolute atomic E-state index is 5.61. The molecule has 5 nitrogen and oxygen atoms in total. The first kappa shape index (κ1) is 14.0. The fraction of sp³-hybridized carbons (Fsp3) is 0.867. The second-order valence-electron chi connectivity index (χ2n) is 6.19. The summed E-state index contributed by atoms with van der Waals surface area (Å²) in [4.78, 5) is 4.73. The van der Waals surface area contributed by atoms with Gasteiger partial charge in [0.15, 0.2) is 5.82 Å². The van der Waals surface area contributed by atoms with Gasteiger partial charge in [-0.25, -0.2) is 0 Å². The number of nitrogens with one attached hydrogen (secondary N) is 1. The Kier molecular flexibility index (Phi) is 4.36. The lowest BCUT2D eigenvalue weighted by atomic mass is 9.66. The molecule has 0 unspecified atom stereocenters. The molecule has 5 heteroatoms. The zero-order chi connectivity index (χ0) is 13.8. The van der Waals surface area contributed by atoms with E-state index in [9.17, 15) is 0 Å². The smallest absolute Gasteiger partial charge is 0.233 e. The molecule has 1 saturated carbocycles. The highest BCUT2D eigenvalue weighted by atomic mass is 16.5. The van der Waals surface area contributed by atoms with Crippen LogP contribution in [0.2, 0.25) is 0 Å². The van der Waals surface area contributed by atoms with Crippen molar-refractivity contribution in [3.8, 4) is 0 Å². The predicted molar refractivity (Wildman–Crippen MR) is 75.5 cm³/mol. The molecular formula is C15H25N3O2. The summed E-state index contributed by atoms with van der Waals surface area (Å²) < 4.78 is 10.8. The van der Waals surface area contributed by atoms with Crippen LogP contribution in [0.4, 0.5) is 0 Å². The van der Waals surface area contributed by atoms with Crippen LogP contribution in [-0.4, -0.2) is 30.4 Å². The number of aromatic nitrogens is 2. The zero-order valence-electron chi connectivity index (χ0n) is 12.4. The second kappa shape index (κ2) is 6.22. The summed E-state index contributed by atoms with van der Waals surface area (Å²) in [5, 5.41) is 7.78. The standard InChI is InChI=1S/C15H25N3O2/c1-19-11-9-15(7-5-8-15)14-17-13(18-20-14)12-6-3-2-4-10-16-12/h12,16H,2-11H2,1H3/t12-/m1/s1. The third kappa shape index (κ3) is 2.74. The molecule has 0 amide bonds. The third-order valence-electron chi connectivity index (χ3n) is 4.86. The Morgan fingerprint density at radius 3 is 2.95 bits per heavy atom. The van der Waals surface area contributed by atoms with Crippen molar-refractivity contribution in [2.24, 2.45) is 0 Å². The first-order chi connectivity index (χ1) is 9.84. The fourth-order valence-corrected chi connectivity index (χ4v) is 3.31. The highest BCUT2D eigenvalue weighted by Crippen LogP contribution is 2.45. The van der Waals surface area contributed by atoms with Crippen molar-refractivity contribution in [1.29, 1.82) is 0 Å². The lowest BCUT2D eigenvalue weighted by molar-refractivity contribution is 0.104. The number of nitrogens with zero attached hydrogens (tertiary/aromatic N) is 2. The van der Waals surface area contributed by atoms with Crippen LogP contribution in [0.3, 0.4) is 0 Å². The van der Waals surface area contributed by atoms with E-state index >= 15 is 0 Å². The van der Waals surface area contributed by atoms with Crippen LogP contribution in [0, 0.1) is 0 Å². The molecule has 1 aliphatic carbocycles. The van der Waals surface area contributed by atoms with E-state index in [2.05, 4.69) is 10.5 Å². The van der Waals surface area contributed by atoms with Crippen LogP contribution in [0.25, 0.3) is 0 Å². The SMILES string of the molecule is COCCC1(c2nc([C@H]3CCCCCN3)no2)CCC1. The lowest BCUT2D eigenvalue weighted by Gasteiger charge is -2.38. The molecule has 2 aliphatic rings. The van der Waals surface area contributed by atoms with E-state index in [0.29, 0.717) is 0 Å². The van der Waals surface area contributed by atoms with Crippen molar-refractivity contribution in [3.63, 3.8) is 0 Å². The van der Waals surface area contributed by atoms with Crippen LogP contribution < -0.4 is 5.32 Å². The highest BCUT2D eigenvalue weighted by molar-refractivity contribution is 5.11. The average molecular weight is 279 g/mol. The molecule has 1 aromatic rings. The molecular weight excluding hydrogens is 254 g/mol. The Bertz CT molecular complexity index is 421. The molecule has 2 heterocycles. The summed E-state index contributed by atoms with van der Waals surface area (Å²) in [5.74, 6) is 1.69. The molecule has 1 saturated heterocycles. The van der Waals surface area contributed by atoms with Gasteiger partial charge in [-0.1, -0.05) is 24.4 Å². The Morgan fingerprint density at radius 2 is 2.20 bits per heavy atom. The second-order valence-corrected chi connectivity index (χ2v) is 6.19. The molecule has 0 spiro atoms. The van der Waals surface area contributed by atoms with E-state index in [4.69, 9.17) is 14.2 Å². The van der Waals surface area contributed by atoms with Crippen LogP contribution in [-0.2, 0) is 10.2 Å². The first-order valence-corrected chi connectivity index (χ1v) is 7.90. The van der Waals surface area contributed by atoms with Crippen molar-refractivity contribution in [1.82, 2.24) is 15.5 Å². The Balaban J connectivity index is 1.71. The van der Waals surface area contributed by atoms with Gasteiger partial charge in [-0.2, -0.15) is 4.98 Å². The van der Waals surface area contributed by atoms with Gasteiger partial charge in [0.05, 0.1) is 11.5 Å². The van der Waals surface area contributed by atoms with Gasteiger partial charge in [0, 0.05) is 13.7 Å². The number of rotatable bonds is 5. The fourth-order valence-electron chi connectivity index (χ4n) is 3.31. The van der Waals surface area contributed by atoms with Gasteiger partial charge in [0.2, 0.25) is 5.89 Å². The van der Waals surface area contributed by atoms with Gasteiger partial charge in [0.1, 0.15) is 0 Å². The van der Waals surface area contributed by atoms with Crippen LogP contribution in [0.15, 0.2) is 4.52 Å². The molecule has 1 aromatic heterocycles. The first-order valence-electron chi connectivity index (χ1n) is 7.90. The molecule has 1 N–H and O–H groups in total. The molecule has 0 aromatic carbocycles. The number of hydrogen-bond acceptors (Lipinski definition) is 5. The van der Waals surface area contributed by atoms with Crippen molar-refractivity contribution in [2.45, 2.75) is 62.8 Å². The van der Waals surface area contributed by atoms with Gasteiger partial charge >= 0.3 is 0 Å². The Labute approximate surface area is 120 Å². The van der Waals surface area contributed by atoms with Crippen molar-refractivity contribution in [3.05, 3.63) is 11.7 Å². The van der Waals surface area contributed by atoms with Crippen LogP contribution >= 0.6 is 0 Å². The summed E-state index contributed by atoms with van der Waals surface area (Å²) in [6.45, 7) is 1.82. The van der Waals surface area contributed by atoms with Crippen molar-refractivity contribution >= 4 is 0 Å². The zero-order valence-corrected chi connectivity index (χ0v) is 12.4. The largest absolute Gasteiger partial charge is 0.385 e. The lowest BCUT2D eigenvalue weighted by Crippen LogP contribution is -2.36. The Morgan fingerprint density at radius 1 is 1.30 bits per heavy atom. The van der Waals surface area contributed by atoms with Gasteiger partial charge in [-0.3, -0.25) is 0 Å². The van der Waals surface area contributed by atoms with Gasteiger partial charge in [-0.05, 0) is 38.6 Å². The van der Waals surface area contributed by atoms with E-state index in [1.54, 1.807) is 7.11 Å². The maximum atomic E-state index is 5.61. The third-order valence-corrected chi connectivity index (χ3v) is 4.86. The van der Waals surface area contributed by atoms with E-state index < -0.39 is 0 Å². The van der Waals surface area contributed by atoms with E-state index in [1.165, 1.54) is 25.7 Å². The molecule has 1 atom stereocenters. The van der Waals surface area contributed by atoms with Gasteiger partial charge in [0.25, 0.3) is 0 Å². The summed E-state index contributed by atoms with van der Waals surface area (Å²) in [7, 11) is 1.75. The Hall–Kier alpha value is -0.940. The van der Waals surface area contributed by atoms with Crippen molar-refractivity contribution in [2.75, 3.05) is 20.3 Å². The average Bonchev–Trinajstić information content (AvgIpc) is 2.74. The van der Waals surface area contributed by atoms with Crippen molar-refractivity contribution < 1.29 is 9.26 Å². The number of ether oxygens (including phenoxy) is 1.